The first kappa shape index (κ1) is 14.5. The quantitative estimate of drug-likeness (QED) is 0.729. The van der Waals surface area contributed by atoms with E-state index in [0.717, 1.165) is 16.0 Å². The Hall–Kier alpha value is -1.43. The number of hydrogen-bond acceptors (Lipinski definition) is 3. The molecule has 0 amide bonds. The maximum Gasteiger partial charge on any atom is 0.0701 e. The molecule has 21 heavy (non-hydrogen) atoms. The third kappa shape index (κ3) is 3.26. The molecule has 0 spiro atoms. The lowest BCUT2D eigenvalue weighted by Crippen LogP contribution is -2.21. The Balaban J connectivity index is 1.92. The molecule has 2 aromatic heterocycles. The van der Waals surface area contributed by atoms with Gasteiger partial charge >= 0.3 is 0 Å². The predicted octanol–water partition coefficient (Wildman–Crippen LogP) is 4.40. The number of halogens is 1. The van der Waals surface area contributed by atoms with Crippen molar-refractivity contribution in [2.45, 2.75) is 13.0 Å². The molecule has 1 atom stereocenters. The second-order valence-electron chi connectivity index (χ2n) is 4.73. The third-order valence-electron chi connectivity index (χ3n) is 3.29. The highest BCUT2D eigenvalue weighted by Gasteiger charge is 2.16. The summed E-state index contributed by atoms with van der Waals surface area (Å²) in [6, 6.07) is 12.5. The average molecular weight is 362 g/mol. The van der Waals surface area contributed by atoms with Gasteiger partial charge in [-0.3, -0.25) is 0 Å². The molecule has 3 rings (SSSR count). The van der Waals surface area contributed by atoms with Crippen LogP contribution in [0.5, 0.6) is 0 Å². The summed E-state index contributed by atoms with van der Waals surface area (Å²) in [6.07, 6.45) is 4.03. The number of rotatable bonds is 5. The molecule has 2 heterocycles. The summed E-state index contributed by atoms with van der Waals surface area (Å²) in [5, 5.41) is 10.2. The van der Waals surface area contributed by atoms with E-state index in [9.17, 15) is 0 Å². The van der Waals surface area contributed by atoms with E-state index in [0.29, 0.717) is 0 Å². The Morgan fingerprint density at radius 2 is 2.10 bits per heavy atom. The van der Waals surface area contributed by atoms with Gasteiger partial charge in [-0.2, -0.15) is 5.10 Å². The molecule has 5 heteroatoms. The van der Waals surface area contributed by atoms with Gasteiger partial charge in [-0.05, 0) is 51.6 Å². The van der Waals surface area contributed by atoms with Gasteiger partial charge < -0.3 is 5.32 Å². The van der Waals surface area contributed by atoms with Gasteiger partial charge in [0.2, 0.25) is 0 Å². The van der Waals surface area contributed by atoms with Crippen molar-refractivity contribution in [3.8, 4) is 5.69 Å². The molecule has 3 nitrogen and oxygen atoms in total. The van der Waals surface area contributed by atoms with Crippen LogP contribution in [0, 0.1) is 0 Å². The highest BCUT2D eigenvalue weighted by molar-refractivity contribution is 9.11. The van der Waals surface area contributed by atoms with Crippen LogP contribution in [0.4, 0.5) is 0 Å². The summed E-state index contributed by atoms with van der Waals surface area (Å²) in [5.41, 5.74) is 3.51. The molecule has 0 bridgehead atoms. The minimum Gasteiger partial charge on any atom is -0.306 e. The van der Waals surface area contributed by atoms with Crippen LogP contribution in [-0.2, 0) is 0 Å². The molecule has 0 saturated carbocycles. The van der Waals surface area contributed by atoms with Crippen LogP contribution >= 0.6 is 27.3 Å². The number of nitrogens with zero attached hydrogens (tertiary/aromatic N) is 2. The van der Waals surface area contributed by atoms with Crippen molar-refractivity contribution in [2.24, 2.45) is 0 Å². The maximum atomic E-state index is 4.49. The molecule has 1 aromatic carbocycles. The van der Waals surface area contributed by atoms with Crippen molar-refractivity contribution < 1.29 is 0 Å². The zero-order valence-corrected chi connectivity index (χ0v) is 14.1. The van der Waals surface area contributed by atoms with Crippen LogP contribution in [0.2, 0.25) is 0 Å². The maximum absolute atomic E-state index is 4.49. The fourth-order valence-corrected chi connectivity index (χ4v) is 3.52. The Morgan fingerprint density at radius 1 is 1.29 bits per heavy atom. The predicted molar refractivity (Wildman–Crippen MR) is 91.1 cm³/mol. The van der Waals surface area contributed by atoms with Crippen LogP contribution in [-0.4, -0.2) is 16.3 Å². The monoisotopic (exact) mass is 361 g/mol. The van der Waals surface area contributed by atoms with E-state index in [1.165, 1.54) is 11.1 Å². The number of nitrogens with one attached hydrogen (secondary N) is 1. The van der Waals surface area contributed by atoms with Crippen LogP contribution in [0.1, 0.15) is 24.1 Å². The third-order valence-corrected chi connectivity index (χ3v) is 4.81. The summed E-state index contributed by atoms with van der Waals surface area (Å²) in [4.78, 5) is 0. The summed E-state index contributed by atoms with van der Waals surface area (Å²) in [5.74, 6) is 0. The lowest BCUT2D eigenvalue weighted by Gasteiger charge is -2.14. The molecule has 3 aromatic rings. The first-order valence-electron chi connectivity index (χ1n) is 6.85. The molecule has 0 aliphatic heterocycles. The Morgan fingerprint density at radius 3 is 2.76 bits per heavy atom. The Bertz CT molecular complexity index is 705. The van der Waals surface area contributed by atoms with Crippen LogP contribution in [0.15, 0.2) is 58.0 Å². The normalized spacial score (nSPS) is 12.5. The lowest BCUT2D eigenvalue weighted by molar-refractivity contribution is 0.632. The van der Waals surface area contributed by atoms with E-state index in [1.54, 1.807) is 11.3 Å². The number of benzene rings is 1. The summed E-state index contributed by atoms with van der Waals surface area (Å²) < 4.78 is 3.07. The lowest BCUT2D eigenvalue weighted by atomic mass is 10.1. The smallest absolute Gasteiger partial charge is 0.0701 e. The summed E-state index contributed by atoms with van der Waals surface area (Å²) >= 11 is 5.24. The topological polar surface area (TPSA) is 29.9 Å². The van der Waals surface area contributed by atoms with Crippen molar-refractivity contribution in [1.29, 1.82) is 0 Å². The van der Waals surface area contributed by atoms with Gasteiger partial charge in [-0.15, -0.1) is 11.3 Å². The first-order valence-corrected chi connectivity index (χ1v) is 8.52. The van der Waals surface area contributed by atoms with Gasteiger partial charge in [0.25, 0.3) is 0 Å². The van der Waals surface area contributed by atoms with E-state index in [4.69, 9.17) is 0 Å². The van der Waals surface area contributed by atoms with Crippen molar-refractivity contribution in [1.82, 2.24) is 15.1 Å². The van der Waals surface area contributed by atoms with E-state index in [-0.39, 0.29) is 6.04 Å². The molecule has 0 saturated heterocycles. The summed E-state index contributed by atoms with van der Waals surface area (Å²) in [6.45, 7) is 3.03. The zero-order valence-electron chi connectivity index (χ0n) is 11.7. The van der Waals surface area contributed by atoms with Crippen molar-refractivity contribution in [3.05, 3.63) is 69.1 Å². The molecule has 0 radical (unpaired) electrons. The fraction of sp³-hybridized carbons (Fsp3) is 0.188. The number of hydrogen-bond donors (Lipinski definition) is 1. The first-order chi connectivity index (χ1) is 10.3. The van der Waals surface area contributed by atoms with Gasteiger partial charge in [-0.1, -0.05) is 25.1 Å². The van der Waals surface area contributed by atoms with E-state index < -0.39 is 0 Å². The van der Waals surface area contributed by atoms with E-state index >= 15 is 0 Å². The highest BCUT2D eigenvalue weighted by Crippen LogP contribution is 2.29. The second kappa shape index (κ2) is 6.56. The van der Waals surface area contributed by atoms with Crippen molar-refractivity contribution in [3.63, 3.8) is 0 Å². The van der Waals surface area contributed by atoms with Gasteiger partial charge in [-0.25, -0.2) is 4.68 Å². The largest absolute Gasteiger partial charge is 0.306 e. The van der Waals surface area contributed by atoms with Crippen molar-refractivity contribution in [2.75, 3.05) is 6.54 Å². The molecule has 0 aliphatic carbocycles. The van der Waals surface area contributed by atoms with E-state index in [1.807, 2.05) is 29.1 Å². The van der Waals surface area contributed by atoms with Gasteiger partial charge in [0.15, 0.2) is 0 Å². The minimum absolute atomic E-state index is 0.176. The Kier molecular flexibility index (Phi) is 4.53. The summed E-state index contributed by atoms with van der Waals surface area (Å²) in [7, 11) is 0. The second-order valence-corrected chi connectivity index (χ2v) is 7.02. The van der Waals surface area contributed by atoms with Crippen LogP contribution < -0.4 is 5.32 Å². The standard InChI is InChI=1S/C16H16BrN3S/c1-2-18-16(12-8-15(17)21-11-12)13-9-19-20(10-13)14-6-4-3-5-7-14/h3-11,16,18H,2H2,1H3. The van der Waals surface area contributed by atoms with Crippen molar-refractivity contribution >= 4 is 27.3 Å². The molecular weight excluding hydrogens is 346 g/mol. The number of para-hydroxylation sites is 1. The highest BCUT2D eigenvalue weighted by atomic mass is 79.9. The van der Waals surface area contributed by atoms with Crippen LogP contribution in [0.25, 0.3) is 5.69 Å². The number of thiophene rings is 1. The molecule has 1 unspecified atom stereocenters. The molecule has 1 N–H and O–H groups in total. The SMILES string of the molecule is CCNC(c1csc(Br)c1)c1cnn(-c2ccccc2)c1. The minimum atomic E-state index is 0.176. The molecule has 108 valence electrons. The number of aromatic nitrogens is 2. The zero-order chi connectivity index (χ0) is 14.7. The average Bonchev–Trinajstić information content (AvgIpc) is 3.15. The molecule has 0 aliphatic rings. The fourth-order valence-electron chi connectivity index (χ4n) is 2.31. The molecular formula is C16H16BrN3S. The van der Waals surface area contributed by atoms with Gasteiger partial charge in [0, 0.05) is 11.8 Å². The molecule has 0 fully saturated rings. The van der Waals surface area contributed by atoms with Gasteiger partial charge in [0.05, 0.1) is 21.7 Å². The van der Waals surface area contributed by atoms with E-state index in [2.05, 4.69) is 63.0 Å². The van der Waals surface area contributed by atoms with Crippen LogP contribution in [0.3, 0.4) is 0 Å². The Labute approximate surface area is 136 Å². The van der Waals surface area contributed by atoms with Gasteiger partial charge in [0.1, 0.15) is 0 Å².